The third-order valence-corrected chi connectivity index (χ3v) is 4.37. The van der Waals surface area contributed by atoms with Crippen LogP contribution in [0.1, 0.15) is 11.1 Å². The molecule has 0 aliphatic carbocycles. The Balaban J connectivity index is 1.49. The molecule has 7 heteroatoms. The van der Waals surface area contributed by atoms with Crippen molar-refractivity contribution in [2.45, 2.75) is 12.7 Å². The number of urea groups is 1. The van der Waals surface area contributed by atoms with Gasteiger partial charge in [0.1, 0.15) is 0 Å². The molecule has 2 amide bonds. The molecular weight excluding hydrogens is 343 g/mol. The maximum absolute atomic E-state index is 12.6. The van der Waals surface area contributed by atoms with E-state index >= 15 is 0 Å². The SMILES string of the molecule is O=C(Nc1ccc(C(F)(F)F)cc1)N1CCN(Cc2ccccc2)CC1. The Morgan fingerprint density at radius 1 is 0.923 bits per heavy atom. The van der Waals surface area contributed by atoms with Gasteiger partial charge in [-0.1, -0.05) is 30.3 Å². The fourth-order valence-corrected chi connectivity index (χ4v) is 2.90. The molecule has 1 heterocycles. The van der Waals surface area contributed by atoms with Crippen LogP contribution in [0.15, 0.2) is 54.6 Å². The summed E-state index contributed by atoms with van der Waals surface area (Å²) in [4.78, 5) is 16.2. The van der Waals surface area contributed by atoms with Crippen molar-refractivity contribution in [1.29, 1.82) is 0 Å². The van der Waals surface area contributed by atoms with Crippen molar-refractivity contribution < 1.29 is 18.0 Å². The van der Waals surface area contributed by atoms with E-state index in [1.807, 2.05) is 18.2 Å². The molecule has 0 unspecified atom stereocenters. The number of hydrogen-bond donors (Lipinski definition) is 1. The molecule has 0 spiro atoms. The number of rotatable bonds is 3. The molecule has 3 rings (SSSR count). The van der Waals surface area contributed by atoms with Crippen LogP contribution in [0.3, 0.4) is 0 Å². The van der Waals surface area contributed by atoms with Crippen LogP contribution in [0.2, 0.25) is 0 Å². The third kappa shape index (κ3) is 4.76. The topological polar surface area (TPSA) is 35.6 Å². The van der Waals surface area contributed by atoms with Gasteiger partial charge in [0.2, 0.25) is 0 Å². The maximum Gasteiger partial charge on any atom is 0.416 e. The summed E-state index contributed by atoms with van der Waals surface area (Å²) in [7, 11) is 0. The van der Waals surface area contributed by atoms with Crippen molar-refractivity contribution in [3.8, 4) is 0 Å². The highest BCUT2D eigenvalue weighted by molar-refractivity contribution is 5.89. The minimum atomic E-state index is -4.38. The van der Waals surface area contributed by atoms with Crippen LogP contribution in [0, 0.1) is 0 Å². The van der Waals surface area contributed by atoms with Gasteiger partial charge in [-0.2, -0.15) is 13.2 Å². The standard InChI is InChI=1S/C19H20F3N3O/c20-19(21,22)16-6-8-17(9-7-16)23-18(26)25-12-10-24(11-13-25)14-15-4-2-1-3-5-15/h1-9H,10-14H2,(H,23,26). The summed E-state index contributed by atoms with van der Waals surface area (Å²) >= 11 is 0. The minimum Gasteiger partial charge on any atom is -0.322 e. The van der Waals surface area contributed by atoms with Gasteiger partial charge in [0.25, 0.3) is 0 Å². The summed E-state index contributed by atoms with van der Waals surface area (Å²) < 4.78 is 37.7. The Hall–Kier alpha value is -2.54. The van der Waals surface area contributed by atoms with E-state index in [1.54, 1.807) is 4.90 Å². The van der Waals surface area contributed by atoms with E-state index in [1.165, 1.54) is 17.7 Å². The fourth-order valence-electron chi connectivity index (χ4n) is 2.90. The van der Waals surface area contributed by atoms with Gasteiger partial charge in [-0.25, -0.2) is 4.79 Å². The number of benzene rings is 2. The Bertz CT molecular complexity index is 724. The lowest BCUT2D eigenvalue weighted by Crippen LogP contribution is -2.49. The summed E-state index contributed by atoms with van der Waals surface area (Å²) in [5, 5.41) is 2.66. The van der Waals surface area contributed by atoms with E-state index in [-0.39, 0.29) is 6.03 Å². The van der Waals surface area contributed by atoms with Crippen LogP contribution in [0.4, 0.5) is 23.7 Å². The predicted octanol–water partition coefficient (Wildman–Crippen LogP) is 4.06. The molecule has 1 saturated heterocycles. The first kappa shape index (κ1) is 18.3. The van der Waals surface area contributed by atoms with E-state index < -0.39 is 11.7 Å². The molecule has 4 nitrogen and oxygen atoms in total. The number of carbonyl (C=O) groups excluding carboxylic acids is 1. The zero-order chi connectivity index (χ0) is 18.6. The van der Waals surface area contributed by atoms with E-state index in [4.69, 9.17) is 0 Å². The van der Waals surface area contributed by atoms with Gasteiger partial charge in [0.15, 0.2) is 0 Å². The lowest BCUT2D eigenvalue weighted by atomic mass is 10.2. The van der Waals surface area contributed by atoms with E-state index in [9.17, 15) is 18.0 Å². The highest BCUT2D eigenvalue weighted by atomic mass is 19.4. The number of hydrogen-bond acceptors (Lipinski definition) is 2. The van der Waals surface area contributed by atoms with E-state index in [0.717, 1.165) is 31.8 Å². The minimum absolute atomic E-state index is 0.288. The van der Waals surface area contributed by atoms with Gasteiger partial charge in [-0.05, 0) is 29.8 Å². The van der Waals surface area contributed by atoms with Crippen LogP contribution in [0.5, 0.6) is 0 Å². The second-order valence-electron chi connectivity index (χ2n) is 6.25. The highest BCUT2D eigenvalue weighted by Gasteiger charge is 2.30. The first-order valence-electron chi connectivity index (χ1n) is 8.41. The zero-order valence-corrected chi connectivity index (χ0v) is 14.2. The second-order valence-corrected chi connectivity index (χ2v) is 6.25. The summed E-state index contributed by atoms with van der Waals surface area (Å²) in [6.45, 7) is 3.53. The molecule has 2 aromatic rings. The molecule has 2 aromatic carbocycles. The van der Waals surface area contributed by atoms with Crippen LogP contribution in [0.25, 0.3) is 0 Å². The highest BCUT2D eigenvalue weighted by Crippen LogP contribution is 2.29. The Labute approximate surface area is 150 Å². The van der Waals surface area contributed by atoms with Gasteiger partial charge in [-0.15, -0.1) is 0 Å². The fraction of sp³-hybridized carbons (Fsp3) is 0.316. The normalized spacial score (nSPS) is 15.7. The van der Waals surface area contributed by atoms with Crippen molar-refractivity contribution in [3.05, 3.63) is 65.7 Å². The number of nitrogens with zero attached hydrogens (tertiary/aromatic N) is 2. The lowest BCUT2D eigenvalue weighted by molar-refractivity contribution is -0.137. The van der Waals surface area contributed by atoms with Gasteiger partial charge < -0.3 is 10.2 Å². The Morgan fingerprint density at radius 2 is 1.54 bits per heavy atom. The van der Waals surface area contributed by atoms with Gasteiger partial charge in [0, 0.05) is 38.4 Å². The monoisotopic (exact) mass is 363 g/mol. The summed E-state index contributed by atoms with van der Waals surface area (Å²) in [6.07, 6.45) is -4.38. The molecular formula is C19H20F3N3O. The largest absolute Gasteiger partial charge is 0.416 e. The van der Waals surface area contributed by atoms with E-state index in [0.29, 0.717) is 18.8 Å². The molecule has 1 fully saturated rings. The Morgan fingerprint density at radius 3 is 2.12 bits per heavy atom. The smallest absolute Gasteiger partial charge is 0.322 e. The van der Waals surface area contributed by atoms with Crippen molar-refractivity contribution in [3.63, 3.8) is 0 Å². The Kier molecular flexibility index (Phi) is 5.46. The van der Waals surface area contributed by atoms with Crippen LogP contribution in [-0.2, 0) is 12.7 Å². The number of nitrogens with one attached hydrogen (secondary N) is 1. The molecule has 1 aliphatic heterocycles. The first-order chi connectivity index (χ1) is 12.4. The molecule has 0 saturated carbocycles. The number of anilines is 1. The average molecular weight is 363 g/mol. The molecule has 0 radical (unpaired) electrons. The molecule has 1 N–H and O–H groups in total. The molecule has 0 atom stereocenters. The van der Waals surface area contributed by atoms with Crippen molar-refractivity contribution in [1.82, 2.24) is 9.80 Å². The van der Waals surface area contributed by atoms with Crippen LogP contribution < -0.4 is 5.32 Å². The van der Waals surface area contributed by atoms with Crippen molar-refractivity contribution in [2.75, 3.05) is 31.5 Å². The summed E-state index contributed by atoms with van der Waals surface area (Å²) in [5.74, 6) is 0. The van der Waals surface area contributed by atoms with Crippen LogP contribution in [-0.4, -0.2) is 42.0 Å². The van der Waals surface area contributed by atoms with Gasteiger partial charge in [-0.3, -0.25) is 4.90 Å². The van der Waals surface area contributed by atoms with Gasteiger partial charge in [0.05, 0.1) is 5.56 Å². The third-order valence-electron chi connectivity index (χ3n) is 4.37. The maximum atomic E-state index is 12.6. The molecule has 0 aromatic heterocycles. The quantitative estimate of drug-likeness (QED) is 0.893. The first-order valence-corrected chi connectivity index (χ1v) is 8.41. The number of alkyl halides is 3. The number of carbonyl (C=O) groups is 1. The van der Waals surface area contributed by atoms with Crippen molar-refractivity contribution >= 4 is 11.7 Å². The number of piperazine rings is 1. The lowest BCUT2D eigenvalue weighted by Gasteiger charge is -2.34. The molecule has 138 valence electrons. The number of halogens is 3. The zero-order valence-electron chi connectivity index (χ0n) is 14.2. The van der Waals surface area contributed by atoms with E-state index in [2.05, 4.69) is 22.3 Å². The average Bonchev–Trinajstić information content (AvgIpc) is 2.63. The second kappa shape index (κ2) is 7.78. The predicted molar refractivity (Wildman–Crippen MR) is 93.8 cm³/mol. The number of amides is 2. The van der Waals surface area contributed by atoms with Gasteiger partial charge >= 0.3 is 12.2 Å². The summed E-state index contributed by atoms with van der Waals surface area (Å²) in [6, 6.07) is 14.3. The molecule has 1 aliphatic rings. The van der Waals surface area contributed by atoms with Crippen LogP contribution >= 0.6 is 0 Å². The summed E-state index contributed by atoms with van der Waals surface area (Å²) in [5.41, 5.74) is 0.856. The molecule has 0 bridgehead atoms. The molecule has 26 heavy (non-hydrogen) atoms. The van der Waals surface area contributed by atoms with Crippen molar-refractivity contribution in [2.24, 2.45) is 0 Å².